The molecule has 0 fully saturated rings. The lowest BCUT2D eigenvalue weighted by atomic mass is 10.1. The van der Waals surface area contributed by atoms with Crippen LogP contribution in [0.15, 0.2) is 16.6 Å². The SMILES string of the molecule is Cc1cc(Br)cc(C)c1Nc1nsnc1Cl. The van der Waals surface area contributed by atoms with Crippen molar-refractivity contribution in [3.8, 4) is 0 Å². The Morgan fingerprint density at radius 1 is 1.25 bits per heavy atom. The lowest BCUT2D eigenvalue weighted by Crippen LogP contribution is -1.97. The number of nitrogens with zero attached hydrogens (tertiary/aromatic N) is 2. The van der Waals surface area contributed by atoms with Crippen LogP contribution in [0.5, 0.6) is 0 Å². The van der Waals surface area contributed by atoms with Gasteiger partial charge >= 0.3 is 0 Å². The Bertz CT molecular complexity index is 504. The van der Waals surface area contributed by atoms with E-state index in [2.05, 4.69) is 30.0 Å². The van der Waals surface area contributed by atoms with E-state index < -0.39 is 0 Å². The van der Waals surface area contributed by atoms with E-state index in [-0.39, 0.29) is 0 Å². The summed E-state index contributed by atoms with van der Waals surface area (Å²) in [5.74, 6) is 0.611. The van der Waals surface area contributed by atoms with Crippen LogP contribution in [0.3, 0.4) is 0 Å². The molecule has 0 aliphatic carbocycles. The maximum absolute atomic E-state index is 5.89. The first-order valence-corrected chi connectivity index (χ1v) is 6.50. The Kier molecular flexibility index (Phi) is 3.47. The molecule has 2 aromatic rings. The van der Waals surface area contributed by atoms with Gasteiger partial charge in [0.05, 0.1) is 11.7 Å². The molecule has 3 nitrogen and oxygen atoms in total. The van der Waals surface area contributed by atoms with E-state index in [9.17, 15) is 0 Å². The molecule has 1 aromatic heterocycles. The summed E-state index contributed by atoms with van der Waals surface area (Å²) in [4.78, 5) is 0. The Morgan fingerprint density at radius 3 is 2.38 bits per heavy atom. The van der Waals surface area contributed by atoms with Gasteiger partial charge in [0.25, 0.3) is 0 Å². The molecule has 1 N–H and O–H groups in total. The van der Waals surface area contributed by atoms with E-state index in [1.54, 1.807) is 0 Å². The molecule has 6 heteroatoms. The molecular weight excluding hydrogens is 310 g/mol. The molecule has 0 radical (unpaired) electrons. The molecule has 0 unspecified atom stereocenters. The van der Waals surface area contributed by atoms with Crippen LogP contribution in [-0.2, 0) is 0 Å². The molecule has 0 spiro atoms. The van der Waals surface area contributed by atoms with E-state index in [4.69, 9.17) is 11.6 Å². The van der Waals surface area contributed by atoms with Crippen molar-refractivity contribution in [1.82, 2.24) is 8.75 Å². The fourth-order valence-corrected chi connectivity index (χ4v) is 2.81. The topological polar surface area (TPSA) is 37.8 Å². The van der Waals surface area contributed by atoms with Crippen molar-refractivity contribution in [2.75, 3.05) is 5.32 Å². The van der Waals surface area contributed by atoms with Crippen molar-refractivity contribution < 1.29 is 0 Å². The minimum atomic E-state index is 0.409. The van der Waals surface area contributed by atoms with Gasteiger partial charge in [-0.15, -0.1) is 0 Å². The normalized spacial score (nSPS) is 10.5. The van der Waals surface area contributed by atoms with Gasteiger partial charge < -0.3 is 5.32 Å². The molecule has 0 aliphatic heterocycles. The molecule has 0 saturated carbocycles. The molecule has 1 heterocycles. The Morgan fingerprint density at radius 2 is 1.88 bits per heavy atom. The highest BCUT2D eigenvalue weighted by Crippen LogP contribution is 2.29. The number of hydrogen-bond acceptors (Lipinski definition) is 4. The number of hydrogen-bond donors (Lipinski definition) is 1. The minimum absolute atomic E-state index is 0.409. The van der Waals surface area contributed by atoms with E-state index in [1.165, 1.54) is 0 Å². The van der Waals surface area contributed by atoms with Crippen molar-refractivity contribution in [1.29, 1.82) is 0 Å². The Balaban J connectivity index is 2.39. The maximum Gasteiger partial charge on any atom is 0.187 e. The van der Waals surface area contributed by atoms with Gasteiger partial charge in [0.15, 0.2) is 11.0 Å². The van der Waals surface area contributed by atoms with Crippen LogP contribution in [0.4, 0.5) is 11.5 Å². The summed E-state index contributed by atoms with van der Waals surface area (Å²) in [5, 5.41) is 3.61. The summed E-state index contributed by atoms with van der Waals surface area (Å²) >= 11 is 10.4. The van der Waals surface area contributed by atoms with Gasteiger partial charge in [0.2, 0.25) is 0 Å². The number of aromatic nitrogens is 2. The molecular formula is C10H9BrClN3S. The van der Waals surface area contributed by atoms with Gasteiger partial charge in [0, 0.05) is 10.2 Å². The van der Waals surface area contributed by atoms with E-state index in [0.29, 0.717) is 11.0 Å². The Labute approximate surface area is 111 Å². The highest BCUT2D eigenvalue weighted by Gasteiger charge is 2.09. The van der Waals surface area contributed by atoms with Gasteiger partial charge in [-0.25, -0.2) is 0 Å². The summed E-state index contributed by atoms with van der Waals surface area (Å²) in [6, 6.07) is 4.09. The van der Waals surface area contributed by atoms with Crippen molar-refractivity contribution in [2.45, 2.75) is 13.8 Å². The first-order valence-electron chi connectivity index (χ1n) is 4.60. The van der Waals surface area contributed by atoms with E-state index in [1.807, 2.05) is 26.0 Å². The highest BCUT2D eigenvalue weighted by atomic mass is 79.9. The smallest absolute Gasteiger partial charge is 0.187 e. The average molecular weight is 319 g/mol. The third-order valence-corrected chi connectivity index (χ3v) is 3.54. The van der Waals surface area contributed by atoms with Crippen LogP contribution < -0.4 is 5.32 Å². The molecule has 2 rings (SSSR count). The molecule has 0 amide bonds. The zero-order valence-electron chi connectivity index (χ0n) is 8.71. The molecule has 0 saturated heterocycles. The third kappa shape index (κ3) is 2.36. The molecule has 84 valence electrons. The van der Waals surface area contributed by atoms with Crippen molar-refractivity contribution >= 4 is 50.8 Å². The zero-order valence-corrected chi connectivity index (χ0v) is 11.9. The van der Waals surface area contributed by atoms with Crippen LogP contribution in [0, 0.1) is 13.8 Å². The molecule has 16 heavy (non-hydrogen) atoms. The summed E-state index contributed by atoms with van der Waals surface area (Å²) in [5.41, 5.74) is 3.30. The monoisotopic (exact) mass is 317 g/mol. The molecule has 0 bridgehead atoms. The first-order chi connectivity index (χ1) is 7.58. The number of rotatable bonds is 2. The van der Waals surface area contributed by atoms with E-state index in [0.717, 1.165) is 33.0 Å². The number of anilines is 2. The van der Waals surface area contributed by atoms with Crippen LogP contribution in [0.1, 0.15) is 11.1 Å². The molecule has 0 atom stereocenters. The van der Waals surface area contributed by atoms with Crippen LogP contribution >= 0.6 is 39.3 Å². The summed E-state index contributed by atoms with van der Waals surface area (Å²) < 4.78 is 9.07. The molecule has 0 aliphatic rings. The van der Waals surface area contributed by atoms with Gasteiger partial charge in [-0.05, 0) is 37.1 Å². The van der Waals surface area contributed by atoms with Crippen LogP contribution in [-0.4, -0.2) is 8.75 Å². The number of halogens is 2. The van der Waals surface area contributed by atoms with Crippen molar-refractivity contribution in [3.05, 3.63) is 32.9 Å². The third-order valence-electron chi connectivity index (χ3n) is 2.19. The van der Waals surface area contributed by atoms with Crippen molar-refractivity contribution in [3.63, 3.8) is 0 Å². The van der Waals surface area contributed by atoms with Gasteiger partial charge in [0.1, 0.15) is 0 Å². The minimum Gasteiger partial charge on any atom is -0.336 e. The lowest BCUT2D eigenvalue weighted by molar-refractivity contribution is 1.33. The fourth-order valence-electron chi connectivity index (χ4n) is 1.48. The number of nitrogens with one attached hydrogen (secondary N) is 1. The number of aryl methyl sites for hydroxylation is 2. The van der Waals surface area contributed by atoms with Gasteiger partial charge in [-0.1, -0.05) is 27.5 Å². The molecule has 1 aromatic carbocycles. The van der Waals surface area contributed by atoms with Crippen LogP contribution in [0.2, 0.25) is 5.15 Å². The zero-order chi connectivity index (χ0) is 11.7. The summed E-state index contributed by atoms with van der Waals surface area (Å²) in [6.07, 6.45) is 0. The van der Waals surface area contributed by atoms with Crippen LogP contribution in [0.25, 0.3) is 0 Å². The van der Waals surface area contributed by atoms with Crippen molar-refractivity contribution in [2.24, 2.45) is 0 Å². The number of benzene rings is 1. The predicted molar refractivity (Wildman–Crippen MR) is 71.8 cm³/mol. The van der Waals surface area contributed by atoms with Gasteiger partial charge in [-0.2, -0.15) is 8.75 Å². The highest BCUT2D eigenvalue weighted by molar-refractivity contribution is 9.10. The summed E-state index contributed by atoms with van der Waals surface area (Å²) in [7, 11) is 0. The quantitative estimate of drug-likeness (QED) is 0.896. The second-order valence-electron chi connectivity index (χ2n) is 3.44. The fraction of sp³-hybridized carbons (Fsp3) is 0.200. The van der Waals surface area contributed by atoms with Gasteiger partial charge in [-0.3, -0.25) is 0 Å². The second-order valence-corrected chi connectivity index (χ2v) is 5.25. The second kappa shape index (κ2) is 4.69. The first kappa shape index (κ1) is 11.8. The predicted octanol–water partition coefficient (Wildman–Crippen LogP) is 4.31. The largest absolute Gasteiger partial charge is 0.336 e. The lowest BCUT2D eigenvalue weighted by Gasteiger charge is -2.11. The summed E-state index contributed by atoms with van der Waals surface area (Å²) in [6.45, 7) is 4.07. The van der Waals surface area contributed by atoms with E-state index >= 15 is 0 Å². The standard InChI is InChI=1S/C10H9BrClN3S/c1-5-3-7(11)4-6(2)8(5)13-10-9(12)14-16-15-10/h3-4H,1-2H3,(H,13,15). The Hall–Kier alpha value is -0.650. The average Bonchev–Trinajstić information content (AvgIpc) is 2.57. The maximum atomic E-state index is 5.89.